The summed E-state index contributed by atoms with van der Waals surface area (Å²) in [5.74, 6) is 4.73. The number of aliphatic hydroxyl groups is 1. The van der Waals surface area contributed by atoms with Gasteiger partial charge < -0.3 is 10.0 Å². The second-order valence-corrected chi connectivity index (χ2v) is 14.1. The lowest BCUT2D eigenvalue weighted by Crippen LogP contribution is -2.50. The van der Waals surface area contributed by atoms with E-state index in [4.69, 9.17) is 0 Å². The second-order valence-electron chi connectivity index (χ2n) is 14.1. The molecule has 3 nitrogen and oxygen atoms in total. The lowest BCUT2D eigenvalue weighted by Gasteiger charge is -2.58. The minimum Gasteiger partial charge on any atom is -0.393 e. The summed E-state index contributed by atoms with van der Waals surface area (Å²) in [6.45, 7) is 9.43. The fourth-order valence-corrected chi connectivity index (χ4v) is 10.3. The molecule has 6 rings (SSSR count). The fourth-order valence-electron chi connectivity index (χ4n) is 10.3. The molecule has 1 N–H and O–H groups in total. The summed E-state index contributed by atoms with van der Waals surface area (Å²) in [7, 11) is 0. The molecule has 202 valence electrons. The third kappa shape index (κ3) is 4.42. The van der Waals surface area contributed by atoms with Crippen LogP contribution >= 0.6 is 0 Å². The Morgan fingerprint density at radius 2 is 1.86 bits per heavy atom. The van der Waals surface area contributed by atoms with Gasteiger partial charge in [0, 0.05) is 25.4 Å². The third-order valence-corrected chi connectivity index (χ3v) is 12.5. The van der Waals surface area contributed by atoms with E-state index in [0.717, 1.165) is 68.9 Å². The van der Waals surface area contributed by atoms with E-state index in [9.17, 15) is 9.90 Å². The number of nitrogens with zero attached hydrogens (tertiary/aromatic N) is 1. The fraction of sp³-hybridized carbons (Fsp3) is 0.735. The molecule has 1 amide bonds. The largest absolute Gasteiger partial charge is 0.393 e. The zero-order valence-electron chi connectivity index (χ0n) is 23.5. The smallest absolute Gasteiger partial charge is 0.222 e. The van der Waals surface area contributed by atoms with Crippen LogP contribution in [-0.2, 0) is 4.79 Å². The van der Waals surface area contributed by atoms with Gasteiger partial charge in [0.25, 0.3) is 0 Å². The van der Waals surface area contributed by atoms with E-state index in [1.54, 1.807) is 5.57 Å². The van der Waals surface area contributed by atoms with Crippen LogP contribution in [0, 0.1) is 40.4 Å². The number of carbonyl (C=O) groups excluding carboxylic acids is 1. The van der Waals surface area contributed by atoms with Gasteiger partial charge in [0.15, 0.2) is 0 Å². The van der Waals surface area contributed by atoms with Crippen LogP contribution in [0.2, 0.25) is 0 Å². The number of rotatable bonds is 5. The Balaban J connectivity index is 1.07. The number of fused-ring (bicyclic) bond motifs is 5. The first kappa shape index (κ1) is 25.7. The number of carbonyl (C=O) groups is 1. The van der Waals surface area contributed by atoms with E-state index in [2.05, 4.69) is 62.1 Å². The van der Waals surface area contributed by atoms with E-state index < -0.39 is 0 Å². The van der Waals surface area contributed by atoms with Crippen molar-refractivity contribution in [1.29, 1.82) is 0 Å². The van der Waals surface area contributed by atoms with E-state index in [0.29, 0.717) is 28.6 Å². The highest BCUT2D eigenvalue weighted by molar-refractivity contribution is 5.76. The van der Waals surface area contributed by atoms with Crippen LogP contribution in [0.5, 0.6) is 0 Å². The van der Waals surface area contributed by atoms with Crippen LogP contribution in [-0.4, -0.2) is 35.1 Å². The van der Waals surface area contributed by atoms with Gasteiger partial charge in [-0.15, -0.1) is 0 Å². The molecule has 2 unspecified atom stereocenters. The first-order valence-electron chi connectivity index (χ1n) is 15.5. The molecular formula is C34H49NO2. The van der Waals surface area contributed by atoms with Crippen molar-refractivity contribution < 1.29 is 9.90 Å². The first-order chi connectivity index (χ1) is 17.8. The van der Waals surface area contributed by atoms with Gasteiger partial charge in [-0.2, -0.15) is 0 Å². The topological polar surface area (TPSA) is 40.5 Å². The van der Waals surface area contributed by atoms with E-state index in [-0.39, 0.29) is 6.10 Å². The van der Waals surface area contributed by atoms with Crippen molar-refractivity contribution in [2.24, 2.45) is 40.4 Å². The van der Waals surface area contributed by atoms with Crippen molar-refractivity contribution >= 4 is 5.91 Å². The van der Waals surface area contributed by atoms with Crippen molar-refractivity contribution in [3.63, 3.8) is 0 Å². The van der Waals surface area contributed by atoms with Gasteiger partial charge in [-0.3, -0.25) is 4.79 Å². The molecule has 1 aliphatic heterocycles. The Kier molecular flexibility index (Phi) is 6.83. The number of benzene rings is 1. The van der Waals surface area contributed by atoms with Gasteiger partial charge in [0.1, 0.15) is 0 Å². The average Bonchev–Trinajstić information content (AvgIpc) is 3.53. The molecule has 0 radical (unpaired) electrons. The molecule has 1 aromatic rings. The number of allylic oxidation sites excluding steroid dienone is 1. The van der Waals surface area contributed by atoms with Gasteiger partial charge in [-0.05, 0) is 110 Å². The molecule has 37 heavy (non-hydrogen) atoms. The molecule has 1 heterocycles. The van der Waals surface area contributed by atoms with Gasteiger partial charge in [-0.1, -0.05) is 62.8 Å². The van der Waals surface area contributed by atoms with Crippen molar-refractivity contribution in [2.45, 2.75) is 103 Å². The predicted molar refractivity (Wildman–Crippen MR) is 150 cm³/mol. The Hall–Kier alpha value is -1.61. The van der Waals surface area contributed by atoms with Crippen LogP contribution in [0.3, 0.4) is 0 Å². The summed E-state index contributed by atoms with van der Waals surface area (Å²) in [5, 5.41) is 10.3. The van der Waals surface area contributed by atoms with Crippen LogP contribution < -0.4 is 0 Å². The Bertz CT molecular complexity index is 1020. The molecule has 0 spiro atoms. The highest BCUT2D eigenvalue weighted by atomic mass is 16.3. The molecule has 0 bridgehead atoms. The maximum absolute atomic E-state index is 13.2. The van der Waals surface area contributed by atoms with Crippen LogP contribution in [0.4, 0.5) is 0 Å². The van der Waals surface area contributed by atoms with Gasteiger partial charge >= 0.3 is 0 Å². The predicted octanol–water partition coefficient (Wildman–Crippen LogP) is 7.36. The van der Waals surface area contributed by atoms with Crippen LogP contribution in [0.25, 0.3) is 0 Å². The zero-order valence-corrected chi connectivity index (χ0v) is 23.5. The maximum Gasteiger partial charge on any atom is 0.222 e. The summed E-state index contributed by atoms with van der Waals surface area (Å²) in [6, 6.07) is 10.7. The molecule has 1 saturated heterocycles. The van der Waals surface area contributed by atoms with Crippen molar-refractivity contribution in [1.82, 2.24) is 4.90 Å². The lowest BCUT2D eigenvalue weighted by molar-refractivity contribution is -0.130. The normalized spacial score (nSPS) is 41.9. The van der Waals surface area contributed by atoms with Gasteiger partial charge in [0.05, 0.1) is 6.10 Å². The number of hydrogen-bond donors (Lipinski definition) is 1. The van der Waals surface area contributed by atoms with E-state index in [1.165, 1.54) is 44.1 Å². The lowest BCUT2D eigenvalue weighted by atomic mass is 9.47. The van der Waals surface area contributed by atoms with Crippen molar-refractivity contribution in [2.75, 3.05) is 13.1 Å². The monoisotopic (exact) mass is 503 g/mol. The summed E-state index contributed by atoms with van der Waals surface area (Å²) in [5.41, 5.74) is 3.72. The van der Waals surface area contributed by atoms with Gasteiger partial charge in [-0.25, -0.2) is 0 Å². The van der Waals surface area contributed by atoms with Crippen LogP contribution in [0.15, 0.2) is 42.0 Å². The second kappa shape index (κ2) is 9.85. The molecule has 4 fully saturated rings. The number of hydrogen-bond acceptors (Lipinski definition) is 2. The summed E-state index contributed by atoms with van der Waals surface area (Å²) < 4.78 is 0. The Labute approximate surface area is 225 Å². The van der Waals surface area contributed by atoms with Crippen molar-refractivity contribution in [3.05, 3.63) is 47.5 Å². The van der Waals surface area contributed by atoms with E-state index in [1.807, 2.05) is 0 Å². The third-order valence-electron chi connectivity index (χ3n) is 12.5. The van der Waals surface area contributed by atoms with Gasteiger partial charge in [0.2, 0.25) is 5.91 Å². The van der Waals surface area contributed by atoms with Crippen molar-refractivity contribution in [3.8, 4) is 0 Å². The molecule has 1 aromatic carbocycles. The first-order valence-corrected chi connectivity index (χ1v) is 15.5. The highest BCUT2D eigenvalue weighted by Crippen LogP contribution is 2.67. The minimum atomic E-state index is -0.117. The number of likely N-dealkylation sites (tertiary alicyclic amines) is 1. The quantitative estimate of drug-likeness (QED) is 0.427. The maximum atomic E-state index is 13.2. The SMILES string of the molecule is CC(CCC(=O)N1CCC(c2ccccc2)C1)[C@H]1CC[C@H]2[C@@H]3CC=C4C[C@@H](O)CC[C@]4(C)[C@H]3CC[C@]12C. The molecule has 0 aromatic heterocycles. The van der Waals surface area contributed by atoms with E-state index >= 15 is 0 Å². The van der Waals surface area contributed by atoms with Crippen LogP contribution in [0.1, 0.15) is 103 Å². The zero-order chi connectivity index (χ0) is 25.8. The molecule has 5 aliphatic rings. The average molecular weight is 504 g/mol. The molecule has 4 aliphatic carbocycles. The Morgan fingerprint density at radius 3 is 2.68 bits per heavy atom. The molecule has 3 heteroatoms. The number of aliphatic hydroxyl groups excluding tert-OH is 1. The molecule has 3 saturated carbocycles. The molecule has 9 atom stereocenters. The summed E-state index contributed by atoms with van der Waals surface area (Å²) >= 11 is 0. The number of amides is 1. The standard InChI is InChI=1S/C34H49NO2/c1-23(9-14-32(37)35-20-17-25(22-35)24-7-5-4-6-8-24)29-12-13-30-28-11-10-26-21-27(36)15-18-33(26,2)31(28)16-19-34(29,30)3/h4-8,10,23,25,27-31,36H,9,11-22H2,1-3H3/t23?,25?,27-,28-,29+,30-,31-,33-,34+/m0/s1. The summed E-state index contributed by atoms with van der Waals surface area (Å²) in [6.07, 6.45) is 15.1. The minimum absolute atomic E-state index is 0.117. The Morgan fingerprint density at radius 1 is 1.05 bits per heavy atom. The summed E-state index contributed by atoms with van der Waals surface area (Å²) in [4.78, 5) is 15.3. The molecular weight excluding hydrogens is 454 g/mol. The highest BCUT2D eigenvalue weighted by Gasteiger charge is 2.59.